The number of benzene rings is 2. The van der Waals surface area contributed by atoms with Crippen LogP contribution >= 0.6 is 0 Å². The van der Waals surface area contributed by atoms with Crippen LogP contribution in [0.15, 0.2) is 56.3 Å². The number of nitrogens with zero attached hydrogens (tertiary/aromatic N) is 3. The third-order valence-corrected chi connectivity index (χ3v) is 11.0. The number of likely N-dealkylation sites (N-methyl/N-ethyl adjacent to an activating group) is 1. The number of hydrogen-bond acceptors (Lipinski definition) is 12. The molecule has 1 saturated heterocycles. The minimum atomic E-state index is -0.669. The Labute approximate surface area is 344 Å². The molecule has 1 amide bonds. The van der Waals surface area contributed by atoms with Gasteiger partial charge in [0.15, 0.2) is 29.8 Å². The van der Waals surface area contributed by atoms with Crippen molar-refractivity contribution in [3.05, 3.63) is 89.7 Å². The van der Waals surface area contributed by atoms with Gasteiger partial charge in [0.2, 0.25) is 0 Å². The minimum Gasteiger partial charge on any atom is -0.493 e. The number of piperazine rings is 1. The standard InChI is InChI=1S/C45H61N5O8/c1-14-17-54-40-27(5)41(55-18-15-2)43(56-19-16-3)37-31(40)22-33-38-36-30(20-26(4)39(53-13)42(36)57-25-52-12)21-32(49(38)11)34(23-46)50(33)35(37)24-47-28(6)29(7)48-44(51)58-45(8,9)10/h14-16,20,29,32-35,38,47H,1-3,6,17-19,21-22,24-25H2,4-5,7-13H3,(H,48,51)/t29-,32+,33-,34-,35-,38-/m0/s1. The second-order valence-corrected chi connectivity index (χ2v) is 15.9. The highest BCUT2D eigenvalue weighted by atomic mass is 16.7. The molecule has 3 aliphatic heterocycles. The Bertz CT molecular complexity index is 1930. The van der Waals surface area contributed by atoms with Gasteiger partial charge in [0.05, 0.1) is 31.3 Å². The molecule has 0 saturated carbocycles. The lowest BCUT2D eigenvalue weighted by atomic mass is 9.71. The third-order valence-electron chi connectivity index (χ3n) is 11.0. The normalized spacial score (nSPS) is 21.4. The molecule has 0 radical (unpaired) electrons. The molecule has 0 aromatic heterocycles. The van der Waals surface area contributed by atoms with Crippen molar-refractivity contribution in [2.45, 2.75) is 96.2 Å². The van der Waals surface area contributed by atoms with E-state index in [2.05, 4.69) is 65.9 Å². The maximum Gasteiger partial charge on any atom is 0.408 e. The highest BCUT2D eigenvalue weighted by molar-refractivity contribution is 5.69. The highest BCUT2D eigenvalue weighted by Gasteiger charge is 2.56. The van der Waals surface area contributed by atoms with Gasteiger partial charge in [-0.25, -0.2) is 4.79 Å². The van der Waals surface area contributed by atoms with E-state index < -0.39 is 29.8 Å². The molecule has 6 atom stereocenters. The molecule has 2 aromatic carbocycles. The number of hydrogen-bond donors (Lipinski definition) is 2. The van der Waals surface area contributed by atoms with Crippen molar-refractivity contribution in [1.29, 1.82) is 5.26 Å². The number of carbonyl (C=O) groups excluding carboxylic acids is 1. The summed E-state index contributed by atoms with van der Waals surface area (Å²) in [5.41, 5.74) is 5.46. The van der Waals surface area contributed by atoms with Gasteiger partial charge in [0, 0.05) is 53.7 Å². The molecule has 13 nitrogen and oxygen atoms in total. The van der Waals surface area contributed by atoms with E-state index in [-0.39, 0.29) is 51.3 Å². The summed E-state index contributed by atoms with van der Waals surface area (Å²) in [5, 5.41) is 17.7. The molecule has 0 spiro atoms. The quantitative estimate of drug-likeness (QED) is 0.122. The Kier molecular flexibility index (Phi) is 14.1. The summed E-state index contributed by atoms with van der Waals surface area (Å²) in [6, 6.07) is 2.66. The number of rotatable bonds is 18. The number of fused-ring (bicyclic) bond motifs is 7. The third kappa shape index (κ3) is 8.65. The number of nitriles is 1. The largest absolute Gasteiger partial charge is 0.493 e. The summed E-state index contributed by atoms with van der Waals surface area (Å²) < 4.78 is 42.9. The van der Waals surface area contributed by atoms with Gasteiger partial charge in [-0.3, -0.25) is 9.80 Å². The molecule has 3 aliphatic rings. The Morgan fingerprint density at radius 2 is 1.57 bits per heavy atom. The van der Waals surface area contributed by atoms with Crippen molar-refractivity contribution in [2.75, 3.05) is 54.4 Å². The van der Waals surface area contributed by atoms with Gasteiger partial charge < -0.3 is 43.8 Å². The fourth-order valence-corrected chi connectivity index (χ4v) is 8.69. The number of ether oxygens (including phenoxy) is 7. The van der Waals surface area contributed by atoms with Crippen LogP contribution in [0.2, 0.25) is 0 Å². The van der Waals surface area contributed by atoms with Crippen molar-refractivity contribution < 1.29 is 38.0 Å². The van der Waals surface area contributed by atoms with Gasteiger partial charge in [-0.05, 0) is 72.6 Å². The van der Waals surface area contributed by atoms with Crippen LogP contribution in [0.25, 0.3) is 0 Å². The molecule has 58 heavy (non-hydrogen) atoms. The van der Waals surface area contributed by atoms with Gasteiger partial charge in [0.1, 0.15) is 37.2 Å². The van der Waals surface area contributed by atoms with E-state index in [1.54, 1.807) is 32.4 Å². The first-order valence-corrected chi connectivity index (χ1v) is 19.7. The molecule has 13 heteroatoms. The minimum absolute atomic E-state index is 0.0323. The molecule has 3 heterocycles. The summed E-state index contributed by atoms with van der Waals surface area (Å²) in [4.78, 5) is 17.4. The lowest BCUT2D eigenvalue weighted by molar-refractivity contribution is -0.0732. The molecular weight excluding hydrogens is 739 g/mol. The number of alkyl carbamates (subject to hydrolysis) is 1. The first-order valence-electron chi connectivity index (χ1n) is 19.7. The zero-order valence-electron chi connectivity index (χ0n) is 35.7. The maximum absolute atomic E-state index is 12.8. The zero-order chi connectivity index (χ0) is 42.5. The van der Waals surface area contributed by atoms with Gasteiger partial charge >= 0.3 is 6.09 Å². The van der Waals surface area contributed by atoms with Crippen LogP contribution in [0.3, 0.4) is 0 Å². The summed E-state index contributed by atoms with van der Waals surface area (Å²) in [6.45, 7) is 28.4. The Morgan fingerprint density at radius 3 is 2.16 bits per heavy atom. The number of amides is 1. The first kappa shape index (κ1) is 44.0. The smallest absolute Gasteiger partial charge is 0.408 e. The number of aryl methyl sites for hydroxylation is 1. The number of carbonyl (C=O) groups is 1. The molecular formula is C45H61N5O8. The molecule has 2 bridgehead atoms. The first-order chi connectivity index (χ1) is 27.7. The van der Waals surface area contributed by atoms with Gasteiger partial charge in [-0.1, -0.05) is 50.6 Å². The SMILES string of the molecule is C=CCOc1c(C)c(OCC=C)c(OCC=C)c2c1C[C@H]1[C@H]3c4c(cc(C)c(OC)c4OCOC)C[C@H]([C@H](C#N)N1[C@H]2CNC(=C)[C@H](C)NC(=O)OC(C)(C)C)N3C. The average molecular weight is 800 g/mol. The number of methoxy groups -OCH3 is 2. The van der Waals surface area contributed by atoms with Crippen molar-refractivity contribution in [2.24, 2.45) is 0 Å². The van der Waals surface area contributed by atoms with E-state index in [9.17, 15) is 10.1 Å². The van der Waals surface area contributed by atoms with Crippen LogP contribution in [0.4, 0.5) is 4.79 Å². The second kappa shape index (κ2) is 18.6. The lowest BCUT2D eigenvalue weighted by Gasteiger charge is -2.60. The van der Waals surface area contributed by atoms with Gasteiger partial charge in [0.25, 0.3) is 0 Å². The summed E-state index contributed by atoms with van der Waals surface area (Å²) in [6.07, 6.45) is 5.62. The van der Waals surface area contributed by atoms with Crippen molar-refractivity contribution in [1.82, 2.24) is 20.4 Å². The molecule has 2 N–H and O–H groups in total. The summed E-state index contributed by atoms with van der Waals surface area (Å²) in [7, 11) is 5.33. The molecule has 0 unspecified atom stereocenters. The topological polar surface area (TPSA) is 136 Å². The van der Waals surface area contributed by atoms with E-state index in [1.807, 2.05) is 41.5 Å². The van der Waals surface area contributed by atoms with Crippen molar-refractivity contribution >= 4 is 6.09 Å². The summed E-state index contributed by atoms with van der Waals surface area (Å²) >= 11 is 0. The molecule has 5 rings (SSSR count). The fourth-order valence-electron chi connectivity index (χ4n) is 8.69. The Hall–Kier alpha value is -5.16. The molecule has 1 fully saturated rings. The van der Waals surface area contributed by atoms with Crippen LogP contribution in [-0.2, 0) is 22.3 Å². The Balaban J connectivity index is 1.76. The predicted octanol–water partition coefficient (Wildman–Crippen LogP) is 6.78. The van der Waals surface area contributed by atoms with Crippen LogP contribution < -0.4 is 34.3 Å². The van der Waals surface area contributed by atoms with E-state index in [1.165, 1.54) is 0 Å². The van der Waals surface area contributed by atoms with E-state index in [4.69, 9.17) is 33.2 Å². The van der Waals surface area contributed by atoms with Gasteiger partial charge in [-0.15, -0.1) is 0 Å². The highest BCUT2D eigenvalue weighted by Crippen LogP contribution is 2.58. The Morgan fingerprint density at radius 1 is 0.948 bits per heavy atom. The van der Waals surface area contributed by atoms with E-state index in [0.29, 0.717) is 47.3 Å². The van der Waals surface area contributed by atoms with Crippen molar-refractivity contribution in [3.63, 3.8) is 0 Å². The second-order valence-electron chi connectivity index (χ2n) is 15.9. The van der Waals surface area contributed by atoms with E-state index in [0.717, 1.165) is 33.4 Å². The monoisotopic (exact) mass is 799 g/mol. The van der Waals surface area contributed by atoms with Crippen LogP contribution in [0, 0.1) is 25.2 Å². The lowest BCUT2D eigenvalue weighted by Crippen LogP contribution is -2.68. The zero-order valence-corrected chi connectivity index (χ0v) is 35.7. The molecule has 2 aromatic rings. The number of nitrogens with one attached hydrogen (secondary N) is 2. The van der Waals surface area contributed by atoms with Crippen LogP contribution in [-0.4, -0.2) is 100 Å². The van der Waals surface area contributed by atoms with E-state index >= 15 is 0 Å². The van der Waals surface area contributed by atoms with Crippen LogP contribution in [0.5, 0.6) is 28.7 Å². The maximum atomic E-state index is 12.8. The molecule has 314 valence electrons. The molecule has 0 aliphatic carbocycles. The van der Waals surface area contributed by atoms with Gasteiger partial charge in [-0.2, -0.15) is 5.26 Å². The summed E-state index contributed by atoms with van der Waals surface area (Å²) in [5.74, 6) is 2.99. The van der Waals surface area contributed by atoms with Crippen molar-refractivity contribution in [3.8, 4) is 34.8 Å². The van der Waals surface area contributed by atoms with Crippen LogP contribution in [0.1, 0.15) is 73.2 Å². The predicted molar refractivity (Wildman–Crippen MR) is 224 cm³/mol. The average Bonchev–Trinajstić information content (AvgIpc) is 3.16. The fraction of sp³-hybridized carbons (Fsp3) is 0.511.